The zero-order valence-electron chi connectivity index (χ0n) is 19.7. The molecule has 3 atom stereocenters. The molecule has 0 radical (unpaired) electrons. The monoisotopic (exact) mass is 519 g/mol. The predicted octanol–water partition coefficient (Wildman–Crippen LogP) is 2.53. The molecule has 3 amide bonds. The lowest BCUT2D eigenvalue weighted by Gasteiger charge is -2.23. The van der Waals surface area contributed by atoms with E-state index in [4.69, 9.17) is 4.74 Å². The Balaban J connectivity index is 1.88. The number of benzene rings is 1. The van der Waals surface area contributed by atoms with Gasteiger partial charge in [-0.1, -0.05) is 64.4 Å². The SMILES string of the molecule is O=C1CC2/C=C/CCSSCC(NC(=O)C(Cc3ccccc3)N1)C(=O)NCCCCCC(=O)O2. The van der Waals surface area contributed by atoms with E-state index in [1.165, 1.54) is 10.8 Å². The molecule has 1 fully saturated rings. The third-order valence-electron chi connectivity index (χ3n) is 5.63. The molecule has 1 aromatic rings. The Labute approximate surface area is 214 Å². The fourth-order valence-corrected chi connectivity index (χ4v) is 5.93. The molecule has 190 valence electrons. The van der Waals surface area contributed by atoms with Crippen LogP contribution in [0.5, 0.6) is 0 Å². The average molecular weight is 520 g/mol. The summed E-state index contributed by atoms with van der Waals surface area (Å²) >= 11 is 0. The molecule has 0 saturated carbocycles. The number of hydrogen-bond donors (Lipinski definition) is 3. The van der Waals surface area contributed by atoms with E-state index in [0.29, 0.717) is 18.7 Å². The van der Waals surface area contributed by atoms with Gasteiger partial charge in [0.05, 0.1) is 6.42 Å². The standard InChI is InChI=1S/C25H33N3O5S2/c29-22-16-19-11-6-8-14-34-35-17-21(24(31)26-13-7-2-5-12-23(30)33-19)28-25(32)20(27-22)15-18-9-3-1-4-10-18/h1,3-4,6,9-11,19-21H,2,5,7-8,12-17H2,(H,26,31)(H,27,29)(H,28,32)/b11-6+. The zero-order chi connectivity index (χ0) is 24.9. The van der Waals surface area contributed by atoms with E-state index < -0.39 is 30.0 Å². The van der Waals surface area contributed by atoms with E-state index in [0.717, 1.165) is 30.6 Å². The first-order valence-electron chi connectivity index (χ1n) is 12.0. The van der Waals surface area contributed by atoms with Gasteiger partial charge in [0.1, 0.15) is 18.2 Å². The van der Waals surface area contributed by atoms with Gasteiger partial charge in [0.15, 0.2) is 0 Å². The Morgan fingerprint density at radius 1 is 0.943 bits per heavy atom. The maximum atomic E-state index is 13.3. The van der Waals surface area contributed by atoms with E-state index in [1.807, 2.05) is 36.4 Å². The Morgan fingerprint density at radius 3 is 2.60 bits per heavy atom. The minimum atomic E-state index is -0.876. The van der Waals surface area contributed by atoms with Crippen molar-refractivity contribution in [3.63, 3.8) is 0 Å². The number of allylic oxidation sites excluding steroid dienone is 1. The lowest BCUT2D eigenvalue weighted by atomic mass is 10.0. The van der Waals surface area contributed by atoms with Crippen LogP contribution >= 0.6 is 21.6 Å². The Hall–Kier alpha value is -2.46. The minimum absolute atomic E-state index is 0.0768. The van der Waals surface area contributed by atoms with Crippen LogP contribution in [0.25, 0.3) is 0 Å². The Morgan fingerprint density at radius 2 is 1.77 bits per heavy atom. The van der Waals surface area contributed by atoms with Crippen molar-refractivity contribution in [1.29, 1.82) is 0 Å². The molecule has 2 bridgehead atoms. The number of rotatable bonds is 2. The normalized spacial score (nSPS) is 26.8. The fourth-order valence-electron chi connectivity index (χ4n) is 3.77. The Kier molecular flexibility index (Phi) is 11.5. The molecule has 0 spiro atoms. The van der Waals surface area contributed by atoms with Crippen molar-refractivity contribution >= 4 is 45.3 Å². The van der Waals surface area contributed by atoms with E-state index in [1.54, 1.807) is 16.9 Å². The van der Waals surface area contributed by atoms with Gasteiger partial charge in [-0.2, -0.15) is 0 Å². The van der Waals surface area contributed by atoms with Crippen molar-refractivity contribution in [1.82, 2.24) is 16.0 Å². The third-order valence-corrected chi connectivity index (χ3v) is 8.08. The lowest BCUT2D eigenvalue weighted by Crippen LogP contribution is -2.55. The van der Waals surface area contributed by atoms with E-state index in [2.05, 4.69) is 16.0 Å². The largest absolute Gasteiger partial charge is 0.458 e. The lowest BCUT2D eigenvalue weighted by molar-refractivity contribution is -0.148. The van der Waals surface area contributed by atoms with Crippen LogP contribution < -0.4 is 16.0 Å². The van der Waals surface area contributed by atoms with Crippen molar-refractivity contribution in [3.05, 3.63) is 48.0 Å². The van der Waals surface area contributed by atoms with Crippen LogP contribution in [0.15, 0.2) is 42.5 Å². The van der Waals surface area contributed by atoms with E-state index in [-0.39, 0.29) is 31.1 Å². The van der Waals surface area contributed by atoms with Crippen molar-refractivity contribution in [3.8, 4) is 0 Å². The summed E-state index contributed by atoms with van der Waals surface area (Å²) in [6, 6.07) is 7.79. The molecule has 3 unspecified atom stereocenters. The van der Waals surface area contributed by atoms with E-state index in [9.17, 15) is 19.2 Å². The highest BCUT2D eigenvalue weighted by molar-refractivity contribution is 8.76. The molecular formula is C25H33N3O5S2. The molecule has 2 heterocycles. The minimum Gasteiger partial charge on any atom is -0.458 e. The summed E-state index contributed by atoms with van der Waals surface area (Å²) in [5.41, 5.74) is 0.880. The molecule has 0 aliphatic carbocycles. The molecular weight excluding hydrogens is 486 g/mol. The maximum absolute atomic E-state index is 13.3. The number of nitrogens with one attached hydrogen (secondary N) is 3. The number of ether oxygens (including phenoxy) is 1. The number of amides is 3. The second kappa shape index (κ2) is 14.8. The van der Waals surface area contributed by atoms with Crippen molar-refractivity contribution in [2.75, 3.05) is 18.1 Å². The van der Waals surface area contributed by atoms with E-state index >= 15 is 0 Å². The predicted molar refractivity (Wildman–Crippen MR) is 139 cm³/mol. The number of esters is 1. The topological polar surface area (TPSA) is 114 Å². The van der Waals surface area contributed by atoms with Gasteiger partial charge in [0.25, 0.3) is 0 Å². The summed E-state index contributed by atoms with van der Waals surface area (Å²) in [5, 5.41) is 8.57. The zero-order valence-corrected chi connectivity index (χ0v) is 21.3. The fraction of sp³-hybridized carbons (Fsp3) is 0.520. The van der Waals surface area contributed by atoms with Gasteiger partial charge in [-0.05, 0) is 30.9 Å². The first kappa shape index (κ1) is 27.1. The van der Waals surface area contributed by atoms with Crippen LogP contribution in [0, 0.1) is 0 Å². The van der Waals surface area contributed by atoms with Gasteiger partial charge < -0.3 is 20.7 Å². The summed E-state index contributed by atoms with van der Waals surface area (Å²) in [4.78, 5) is 51.5. The second-order valence-electron chi connectivity index (χ2n) is 8.53. The number of carbonyl (C=O) groups is 4. The van der Waals surface area contributed by atoms with Crippen molar-refractivity contribution in [2.24, 2.45) is 0 Å². The summed E-state index contributed by atoms with van der Waals surface area (Å²) in [5.74, 6) is -0.219. The molecule has 3 N–H and O–H groups in total. The first-order valence-corrected chi connectivity index (χ1v) is 14.5. The Bertz CT molecular complexity index is 896. The highest BCUT2D eigenvalue weighted by atomic mass is 33.1. The van der Waals surface area contributed by atoms with Gasteiger partial charge in [-0.25, -0.2) is 0 Å². The number of fused-ring (bicyclic) bond motifs is 7. The number of hydrogen-bond acceptors (Lipinski definition) is 7. The molecule has 2 aliphatic rings. The summed E-state index contributed by atoms with van der Waals surface area (Å²) < 4.78 is 5.59. The average Bonchev–Trinajstić information content (AvgIpc) is 2.84. The molecule has 2 aliphatic heterocycles. The van der Waals surface area contributed by atoms with Crippen LogP contribution in [-0.4, -0.2) is 59.9 Å². The van der Waals surface area contributed by atoms with Crippen molar-refractivity contribution < 1.29 is 23.9 Å². The molecule has 3 rings (SSSR count). The second-order valence-corrected chi connectivity index (χ2v) is 11.2. The molecule has 35 heavy (non-hydrogen) atoms. The van der Waals surface area contributed by atoms with Gasteiger partial charge in [0.2, 0.25) is 17.7 Å². The number of carbonyl (C=O) groups excluding carboxylic acids is 4. The highest BCUT2D eigenvalue weighted by Gasteiger charge is 2.28. The molecule has 1 aromatic carbocycles. The molecule has 1 saturated heterocycles. The maximum Gasteiger partial charge on any atom is 0.306 e. The van der Waals surface area contributed by atoms with Crippen LogP contribution in [0.1, 0.15) is 44.1 Å². The van der Waals surface area contributed by atoms with Crippen LogP contribution in [0.4, 0.5) is 0 Å². The van der Waals surface area contributed by atoms with Crippen molar-refractivity contribution in [2.45, 2.75) is 63.1 Å². The van der Waals surface area contributed by atoms with Crippen LogP contribution in [0.3, 0.4) is 0 Å². The van der Waals surface area contributed by atoms with Crippen LogP contribution in [-0.2, 0) is 30.3 Å². The molecule has 10 heteroatoms. The third kappa shape index (κ3) is 9.97. The summed E-state index contributed by atoms with van der Waals surface area (Å²) in [6.45, 7) is 0.466. The van der Waals surface area contributed by atoms with Gasteiger partial charge in [-0.15, -0.1) is 0 Å². The summed E-state index contributed by atoms with van der Waals surface area (Å²) in [6.07, 6.45) is 6.28. The quantitative estimate of drug-likeness (QED) is 0.313. The van der Waals surface area contributed by atoms with Crippen LogP contribution in [0.2, 0.25) is 0 Å². The first-order chi connectivity index (χ1) is 17.0. The molecule has 8 nitrogen and oxygen atoms in total. The summed E-state index contributed by atoms with van der Waals surface area (Å²) in [7, 11) is 3.14. The molecule has 0 aromatic heterocycles. The van der Waals surface area contributed by atoms with Gasteiger partial charge >= 0.3 is 5.97 Å². The van der Waals surface area contributed by atoms with Gasteiger partial charge in [-0.3, -0.25) is 19.2 Å². The highest BCUT2D eigenvalue weighted by Crippen LogP contribution is 2.23. The smallest absolute Gasteiger partial charge is 0.306 e. The van der Waals surface area contributed by atoms with Gasteiger partial charge in [0, 0.05) is 30.9 Å².